The first kappa shape index (κ1) is 8.63. The van der Waals surface area contributed by atoms with Crippen LogP contribution in [0.4, 0.5) is 0 Å². The lowest BCUT2D eigenvalue weighted by molar-refractivity contribution is 0.315. The Kier molecular flexibility index (Phi) is 1.50. The number of rotatable bonds is 1. The van der Waals surface area contributed by atoms with E-state index in [1.54, 1.807) is 7.11 Å². The minimum Gasteiger partial charge on any atom is -0.497 e. The smallest absolute Gasteiger partial charge is 0.119 e. The maximum atomic E-state index is 5.33. The van der Waals surface area contributed by atoms with Gasteiger partial charge in [-0.15, -0.1) is 0 Å². The molecule has 1 nitrogen and oxygen atoms in total. The Balaban J connectivity index is 1.91. The molecule has 0 saturated carbocycles. The highest BCUT2D eigenvalue weighted by Crippen LogP contribution is 2.56. The van der Waals surface area contributed by atoms with Crippen LogP contribution in [0.25, 0.3) is 0 Å². The van der Waals surface area contributed by atoms with E-state index in [1.165, 1.54) is 11.1 Å². The summed E-state index contributed by atoms with van der Waals surface area (Å²) in [5.74, 6) is 3.69. The molecule has 0 spiro atoms. The normalized spacial score (nSPS) is 36.6. The Bertz CT molecular complexity index is 512. The highest BCUT2D eigenvalue weighted by atomic mass is 16.5. The molecule has 4 aliphatic rings. The van der Waals surface area contributed by atoms with E-state index in [2.05, 4.69) is 42.5 Å². The molecule has 16 heavy (non-hydrogen) atoms. The Morgan fingerprint density at radius 3 is 2.19 bits per heavy atom. The van der Waals surface area contributed by atoms with Gasteiger partial charge in [0.1, 0.15) is 5.75 Å². The molecule has 0 unspecified atom stereocenters. The molecule has 0 radical (unpaired) electrons. The summed E-state index contributed by atoms with van der Waals surface area (Å²) in [4.78, 5) is 0. The summed E-state index contributed by atoms with van der Waals surface area (Å²) in [5, 5.41) is 0. The van der Waals surface area contributed by atoms with Gasteiger partial charge in [-0.25, -0.2) is 0 Å². The third-order valence-corrected chi connectivity index (χ3v) is 4.37. The van der Waals surface area contributed by atoms with Crippen molar-refractivity contribution >= 4 is 0 Å². The summed E-state index contributed by atoms with van der Waals surface area (Å²) in [7, 11) is 1.74. The first-order chi connectivity index (χ1) is 7.88. The van der Waals surface area contributed by atoms with Crippen molar-refractivity contribution in [2.75, 3.05) is 7.11 Å². The average molecular weight is 210 g/mol. The summed E-state index contributed by atoms with van der Waals surface area (Å²) in [6, 6.07) is 6.56. The lowest BCUT2D eigenvalue weighted by Gasteiger charge is -2.48. The maximum Gasteiger partial charge on any atom is 0.119 e. The molecule has 0 amide bonds. The average Bonchev–Trinajstić information content (AvgIpc) is 2.29. The summed E-state index contributed by atoms with van der Waals surface area (Å²) in [5.41, 5.74) is 3.00. The third-order valence-electron chi connectivity index (χ3n) is 4.37. The van der Waals surface area contributed by atoms with Gasteiger partial charge in [0.2, 0.25) is 0 Å². The lowest BCUT2D eigenvalue weighted by Crippen LogP contribution is -2.37. The van der Waals surface area contributed by atoms with Crippen LogP contribution in [0.15, 0.2) is 42.5 Å². The summed E-state index contributed by atoms with van der Waals surface area (Å²) in [6.45, 7) is 0. The van der Waals surface area contributed by atoms with Crippen molar-refractivity contribution in [2.45, 2.75) is 11.8 Å². The Hall–Kier alpha value is -1.50. The van der Waals surface area contributed by atoms with E-state index >= 15 is 0 Å². The topological polar surface area (TPSA) is 9.23 Å². The predicted octanol–water partition coefficient (Wildman–Crippen LogP) is 3.25. The van der Waals surface area contributed by atoms with Crippen LogP contribution in [0.5, 0.6) is 5.75 Å². The molecule has 4 aliphatic carbocycles. The van der Waals surface area contributed by atoms with Crippen molar-refractivity contribution in [3.8, 4) is 5.75 Å². The first-order valence-corrected chi connectivity index (χ1v) is 5.93. The van der Waals surface area contributed by atoms with Crippen LogP contribution < -0.4 is 4.74 Å². The van der Waals surface area contributed by atoms with Gasteiger partial charge in [0.25, 0.3) is 0 Å². The molecule has 0 saturated heterocycles. The second-order valence-electron chi connectivity index (χ2n) is 4.97. The zero-order chi connectivity index (χ0) is 10.7. The van der Waals surface area contributed by atoms with Gasteiger partial charge in [-0.05, 0) is 35.1 Å². The van der Waals surface area contributed by atoms with E-state index < -0.39 is 0 Å². The Morgan fingerprint density at radius 1 is 0.875 bits per heavy atom. The molecular weight excluding hydrogens is 196 g/mol. The Morgan fingerprint density at radius 2 is 1.56 bits per heavy atom. The standard InChI is InChI=1S/C15H14O/c1-16-9-2-3-13-11-6-7-14(15(13)8-9)12-5-4-10(11)12/h2-8,10-12,14H,1H3/t10-,11+,12+,14-/m1/s1. The van der Waals surface area contributed by atoms with Crippen LogP contribution in [0.3, 0.4) is 0 Å². The summed E-state index contributed by atoms with van der Waals surface area (Å²) < 4.78 is 5.33. The summed E-state index contributed by atoms with van der Waals surface area (Å²) >= 11 is 0. The van der Waals surface area contributed by atoms with Gasteiger partial charge >= 0.3 is 0 Å². The maximum absolute atomic E-state index is 5.33. The molecule has 2 bridgehead atoms. The zero-order valence-corrected chi connectivity index (χ0v) is 9.26. The number of methoxy groups -OCH3 is 1. The van der Waals surface area contributed by atoms with Crippen LogP contribution in [0.1, 0.15) is 23.0 Å². The van der Waals surface area contributed by atoms with Crippen molar-refractivity contribution in [1.29, 1.82) is 0 Å². The van der Waals surface area contributed by atoms with Gasteiger partial charge in [0, 0.05) is 11.8 Å². The number of hydrogen-bond acceptors (Lipinski definition) is 1. The monoisotopic (exact) mass is 210 g/mol. The van der Waals surface area contributed by atoms with Crippen LogP contribution in [0, 0.1) is 11.8 Å². The molecule has 1 aromatic rings. The molecule has 0 heterocycles. The van der Waals surface area contributed by atoms with Crippen LogP contribution >= 0.6 is 0 Å². The van der Waals surface area contributed by atoms with Gasteiger partial charge in [-0.3, -0.25) is 0 Å². The van der Waals surface area contributed by atoms with E-state index in [-0.39, 0.29) is 0 Å². The molecule has 1 aromatic carbocycles. The van der Waals surface area contributed by atoms with E-state index in [1.807, 2.05) is 0 Å². The lowest BCUT2D eigenvalue weighted by atomic mass is 9.55. The van der Waals surface area contributed by atoms with E-state index in [0.717, 1.165) is 17.6 Å². The van der Waals surface area contributed by atoms with Crippen molar-refractivity contribution in [3.63, 3.8) is 0 Å². The summed E-state index contributed by atoms with van der Waals surface area (Å²) in [6.07, 6.45) is 9.52. The number of ether oxygens (including phenoxy) is 1. The fraction of sp³-hybridized carbons (Fsp3) is 0.333. The van der Waals surface area contributed by atoms with Gasteiger partial charge in [-0.2, -0.15) is 0 Å². The van der Waals surface area contributed by atoms with E-state index in [0.29, 0.717) is 11.8 Å². The molecule has 1 heteroatoms. The second-order valence-corrected chi connectivity index (χ2v) is 4.97. The fourth-order valence-electron chi connectivity index (χ4n) is 3.48. The van der Waals surface area contributed by atoms with Gasteiger partial charge in [0.05, 0.1) is 7.11 Å². The third kappa shape index (κ3) is 0.874. The van der Waals surface area contributed by atoms with Gasteiger partial charge in [-0.1, -0.05) is 30.4 Å². The van der Waals surface area contributed by atoms with Crippen LogP contribution in [-0.4, -0.2) is 7.11 Å². The molecule has 0 fully saturated rings. The van der Waals surface area contributed by atoms with Gasteiger partial charge in [0.15, 0.2) is 0 Å². The predicted molar refractivity (Wildman–Crippen MR) is 63.7 cm³/mol. The molecule has 5 rings (SSSR count). The number of benzene rings is 1. The van der Waals surface area contributed by atoms with E-state index in [9.17, 15) is 0 Å². The van der Waals surface area contributed by atoms with Crippen molar-refractivity contribution in [3.05, 3.63) is 53.6 Å². The van der Waals surface area contributed by atoms with Crippen LogP contribution in [-0.2, 0) is 0 Å². The van der Waals surface area contributed by atoms with Crippen molar-refractivity contribution in [2.24, 2.45) is 11.8 Å². The molecule has 4 atom stereocenters. The Labute approximate surface area is 95.4 Å². The number of hydrogen-bond donors (Lipinski definition) is 0. The fourth-order valence-corrected chi connectivity index (χ4v) is 3.48. The SMILES string of the molecule is COc1ccc2c(c1)[C@@H]1C=C[C@H]2[C@H]2C=C[C@@H]21. The number of allylic oxidation sites excluding steroid dienone is 4. The molecule has 0 aromatic heterocycles. The molecular formula is C15H14O. The van der Waals surface area contributed by atoms with E-state index in [4.69, 9.17) is 4.74 Å². The molecule has 80 valence electrons. The minimum absolute atomic E-state index is 0.588. The van der Waals surface area contributed by atoms with Crippen molar-refractivity contribution in [1.82, 2.24) is 0 Å². The second kappa shape index (κ2) is 2.79. The molecule has 0 N–H and O–H groups in total. The van der Waals surface area contributed by atoms with Gasteiger partial charge < -0.3 is 4.74 Å². The highest BCUT2D eigenvalue weighted by Gasteiger charge is 2.45. The van der Waals surface area contributed by atoms with Crippen LogP contribution in [0.2, 0.25) is 0 Å². The largest absolute Gasteiger partial charge is 0.497 e. The van der Waals surface area contributed by atoms with Crippen molar-refractivity contribution < 1.29 is 4.74 Å². The minimum atomic E-state index is 0.588. The zero-order valence-electron chi connectivity index (χ0n) is 9.26. The quantitative estimate of drug-likeness (QED) is 0.646. The highest BCUT2D eigenvalue weighted by molar-refractivity contribution is 5.52. The first-order valence-electron chi connectivity index (χ1n) is 5.93. The molecule has 0 aliphatic heterocycles.